The monoisotopic (exact) mass is 225 g/mol. The van der Waals surface area contributed by atoms with Gasteiger partial charge in [-0.25, -0.2) is 4.79 Å². The Bertz CT molecular complexity index is 357. The number of hydrogen-bond acceptors (Lipinski definition) is 5. The third-order valence-electron chi connectivity index (χ3n) is 1.55. The maximum atomic E-state index is 11.2. The minimum absolute atomic E-state index is 0.0250. The van der Waals surface area contributed by atoms with Crippen LogP contribution in [0.2, 0.25) is 0 Å². The van der Waals surface area contributed by atoms with Gasteiger partial charge in [-0.05, 0) is 18.4 Å². The number of anilines is 1. The summed E-state index contributed by atoms with van der Waals surface area (Å²) in [6.45, 7) is 1.94. The van der Waals surface area contributed by atoms with E-state index in [2.05, 4.69) is 10.1 Å². The fraction of sp³-hybridized carbons (Fsp3) is 0.200. The highest BCUT2D eigenvalue weighted by Gasteiger charge is 2.08. The molecular weight excluding hydrogens is 214 g/mol. The van der Waals surface area contributed by atoms with Gasteiger partial charge in [-0.15, -0.1) is 0 Å². The molecular formula is C10H11NO3S. The first-order chi connectivity index (χ1) is 7.27. The molecule has 1 aromatic heterocycles. The predicted octanol–water partition coefficient (Wildman–Crippen LogP) is 1.81. The van der Waals surface area contributed by atoms with Crippen molar-refractivity contribution in [3.8, 4) is 0 Å². The van der Waals surface area contributed by atoms with Crippen LogP contribution in [0.25, 0.3) is 0 Å². The van der Waals surface area contributed by atoms with Crippen LogP contribution in [0.5, 0.6) is 0 Å². The van der Waals surface area contributed by atoms with Crippen LogP contribution in [0.4, 0.5) is 5.69 Å². The molecule has 0 atom stereocenters. The van der Waals surface area contributed by atoms with Crippen LogP contribution >= 0.6 is 11.3 Å². The lowest BCUT2D eigenvalue weighted by atomic mass is 10.3. The zero-order valence-corrected chi connectivity index (χ0v) is 9.04. The number of rotatable bonds is 5. The van der Waals surface area contributed by atoms with Crippen LogP contribution in [0.3, 0.4) is 0 Å². The molecule has 5 heteroatoms. The SMILES string of the molecule is CCOC(=O)/C(C=O)=C\Nc1ccsc1. The molecule has 0 radical (unpaired) electrons. The van der Waals surface area contributed by atoms with Crippen LogP contribution in [-0.2, 0) is 14.3 Å². The zero-order valence-electron chi connectivity index (χ0n) is 8.23. The first-order valence-electron chi connectivity index (χ1n) is 4.39. The maximum Gasteiger partial charge on any atom is 0.342 e. The summed E-state index contributed by atoms with van der Waals surface area (Å²) in [4.78, 5) is 21.7. The molecule has 0 aliphatic carbocycles. The smallest absolute Gasteiger partial charge is 0.342 e. The van der Waals surface area contributed by atoms with Crippen molar-refractivity contribution in [1.29, 1.82) is 0 Å². The van der Waals surface area contributed by atoms with Crippen molar-refractivity contribution < 1.29 is 14.3 Å². The molecule has 1 heterocycles. The highest BCUT2D eigenvalue weighted by molar-refractivity contribution is 7.08. The minimum atomic E-state index is -0.616. The first-order valence-corrected chi connectivity index (χ1v) is 5.33. The van der Waals surface area contributed by atoms with Crippen LogP contribution in [0.15, 0.2) is 28.6 Å². The van der Waals surface area contributed by atoms with Gasteiger partial charge in [0.05, 0.1) is 6.61 Å². The van der Waals surface area contributed by atoms with E-state index in [1.54, 1.807) is 6.92 Å². The maximum absolute atomic E-state index is 11.2. The van der Waals surface area contributed by atoms with Crippen molar-refractivity contribution in [2.24, 2.45) is 0 Å². The van der Waals surface area contributed by atoms with Gasteiger partial charge in [-0.1, -0.05) is 0 Å². The molecule has 0 aromatic carbocycles. The number of carbonyl (C=O) groups is 2. The van der Waals surface area contributed by atoms with E-state index in [-0.39, 0.29) is 12.2 Å². The van der Waals surface area contributed by atoms with Crippen molar-refractivity contribution in [2.75, 3.05) is 11.9 Å². The van der Waals surface area contributed by atoms with Gasteiger partial charge < -0.3 is 10.1 Å². The van der Waals surface area contributed by atoms with Crippen LogP contribution in [-0.4, -0.2) is 18.9 Å². The fourth-order valence-corrected chi connectivity index (χ4v) is 1.46. The Morgan fingerprint density at radius 1 is 1.67 bits per heavy atom. The van der Waals surface area contributed by atoms with Gasteiger partial charge in [0.2, 0.25) is 0 Å². The summed E-state index contributed by atoms with van der Waals surface area (Å²) in [5.41, 5.74) is 0.812. The van der Waals surface area contributed by atoms with Gasteiger partial charge in [0.25, 0.3) is 0 Å². The predicted molar refractivity (Wildman–Crippen MR) is 58.7 cm³/mol. The van der Waals surface area contributed by atoms with Crippen molar-refractivity contribution in [1.82, 2.24) is 0 Å². The van der Waals surface area contributed by atoms with Gasteiger partial charge >= 0.3 is 5.97 Å². The molecule has 0 saturated carbocycles. The minimum Gasteiger partial charge on any atom is -0.462 e. The lowest BCUT2D eigenvalue weighted by Gasteiger charge is -2.01. The van der Waals surface area contributed by atoms with E-state index >= 15 is 0 Å². The summed E-state index contributed by atoms with van der Waals surface area (Å²) >= 11 is 1.52. The molecule has 0 amide bonds. The molecule has 0 unspecified atom stereocenters. The number of ether oxygens (including phenoxy) is 1. The summed E-state index contributed by atoms with van der Waals surface area (Å²) in [6.07, 6.45) is 1.81. The Hall–Kier alpha value is -1.62. The molecule has 80 valence electrons. The molecule has 0 saturated heterocycles. The largest absolute Gasteiger partial charge is 0.462 e. The van der Waals surface area contributed by atoms with Crippen LogP contribution in [0, 0.1) is 0 Å². The van der Waals surface area contributed by atoms with E-state index in [9.17, 15) is 9.59 Å². The van der Waals surface area contributed by atoms with Gasteiger partial charge in [-0.2, -0.15) is 11.3 Å². The lowest BCUT2D eigenvalue weighted by Crippen LogP contribution is -2.10. The van der Waals surface area contributed by atoms with E-state index in [0.29, 0.717) is 6.29 Å². The summed E-state index contributed by atoms with van der Waals surface area (Å²) in [7, 11) is 0. The molecule has 0 bridgehead atoms. The van der Waals surface area contributed by atoms with E-state index in [4.69, 9.17) is 0 Å². The van der Waals surface area contributed by atoms with Crippen molar-refractivity contribution in [3.63, 3.8) is 0 Å². The summed E-state index contributed by atoms with van der Waals surface area (Å²) in [5, 5.41) is 6.59. The summed E-state index contributed by atoms with van der Waals surface area (Å²) < 4.78 is 4.69. The Morgan fingerprint density at radius 3 is 3.00 bits per heavy atom. The van der Waals surface area contributed by atoms with E-state index in [1.165, 1.54) is 17.5 Å². The molecule has 0 aliphatic rings. The Balaban J connectivity index is 2.62. The molecule has 4 nitrogen and oxygen atoms in total. The highest BCUT2D eigenvalue weighted by Crippen LogP contribution is 2.12. The second-order valence-corrected chi connectivity index (χ2v) is 3.37. The Morgan fingerprint density at radius 2 is 2.47 bits per heavy atom. The summed E-state index contributed by atoms with van der Waals surface area (Å²) in [6, 6.07) is 1.84. The molecule has 0 aliphatic heterocycles. The number of nitrogens with one attached hydrogen (secondary N) is 1. The van der Waals surface area contributed by atoms with Crippen LogP contribution in [0.1, 0.15) is 6.92 Å². The van der Waals surface area contributed by atoms with Crippen molar-refractivity contribution >= 4 is 29.3 Å². The van der Waals surface area contributed by atoms with Crippen LogP contribution < -0.4 is 5.32 Å². The molecule has 1 N–H and O–H groups in total. The second kappa shape index (κ2) is 5.98. The Kier molecular flexibility index (Phi) is 4.56. The average molecular weight is 225 g/mol. The zero-order chi connectivity index (χ0) is 11.1. The van der Waals surface area contributed by atoms with E-state index < -0.39 is 5.97 Å². The number of esters is 1. The Labute approximate surface area is 91.6 Å². The van der Waals surface area contributed by atoms with Gasteiger partial charge in [0, 0.05) is 17.3 Å². The number of aldehydes is 1. The fourth-order valence-electron chi connectivity index (χ4n) is 0.863. The van der Waals surface area contributed by atoms with Crippen molar-refractivity contribution in [2.45, 2.75) is 6.92 Å². The van der Waals surface area contributed by atoms with Gasteiger partial charge in [0.1, 0.15) is 5.57 Å². The molecule has 15 heavy (non-hydrogen) atoms. The number of carbonyl (C=O) groups excluding carboxylic acids is 2. The average Bonchev–Trinajstić information content (AvgIpc) is 2.72. The second-order valence-electron chi connectivity index (χ2n) is 2.59. The highest BCUT2D eigenvalue weighted by atomic mass is 32.1. The van der Waals surface area contributed by atoms with E-state index in [1.807, 2.05) is 16.8 Å². The summed E-state index contributed by atoms with van der Waals surface area (Å²) in [5.74, 6) is -0.616. The molecule has 1 rings (SSSR count). The van der Waals surface area contributed by atoms with Gasteiger partial charge in [0.15, 0.2) is 6.29 Å². The van der Waals surface area contributed by atoms with Crippen molar-refractivity contribution in [3.05, 3.63) is 28.6 Å². The number of hydrogen-bond donors (Lipinski definition) is 1. The normalized spacial score (nSPS) is 10.9. The molecule has 1 aromatic rings. The third kappa shape index (κ3) is 3.55. The number of thiophene rings is 1. The third-order valence-corrected chi connectivity index (χ3v) is 2.24. The first kappa shape index (κ1) is 11.5. The molecule has 0 spiro atoms. The van der Waals surface area contributed by atoms with E-state index in [0.717, 1.165) is 5.69 Å². The lowest BCUT2D eigenvalue weighted by molar-refractivity contribution is -0.139. The quantitative estimate of drug-likeness (QED) is 0.273. The van der Waals surface area contributed by atoms with Gasteiger partial charge in [-0.3, -0.25) is 4.79 Å². The topological polar surface area (TPSA) is 55.4 Å². The molecule has 0 fully saturated rings. The standard InChI is InChI=1S/C10H11NO3S/c1-2-14-10(13)8(6-12)5-11-9-3-4-15-7-9/h3-7,11H,2H2,1H3/b8-5-.